The van der Waals surface area contributed by atoms with Crippen LogP contribution in [0.15, 0.2) is 36.4 Å². The summed E-state index contributed by atoms with van der Waals surface area (Å²) in [4.78, 5) is 21.8. The summed E-state index contributed by atoms with van der Waals surface area (Å²) >= 11 is 0. The van der Waals surface area contributed by atoms with Crippen molar-refractivity contribution in [2.75, 3.05) is 5.32 Å². The third-order valence-corrected chi connectivity index (χ3v) is 3.52. The molecule has 21 heavy (non-hydrogen) atoms. The summed E-state index contributed by atoms with van der Waals surface area (Å²) in [7, 11) is 0. The van der Waals surface area contributed by atoms with E-state index in [0.29, 0.717) is 16.7 Å². The minimum atomic E-state index is -0.843. The van der Waals surface area contributed by atoms with Gasteiger partial charge in [0.25, 0.3) is 5.69 Å². The molecule has 6 nitrogen and oxygen atoms in total. The molecule has 2 N–H and O–H groups in total. The van der Waals surface area contributed by atoms with Gasteiger partial charge in [0, 0.05) is 13.0 Å². The maximum Gasteiger partial charge on any atom is 0.293 e. The number of nitrogens with zero attached hydrogens (tertiary/aromatic N) is 1. The second-order valence-corrected chi connectivity index (χ2v) is 4.88. The van der Waals surface area contributed by atoms with Crippen LogP contribution in [0.3, 0.4) is 0 Å². The molecule has 1 aliphatic carbocycles. The predicted molar refractivity (Wildman–Crippen MR) is 76.9 cm³/mol. The molecule has 3 rings (SSSR count). The number of nitro groups is 1. The molecule has 0 saturated heterocycles. The van der Waals surface area contributed by atoms with E-state index in [9.17, 15) is 20.0 Å². The lowest BCUT2D eigenvalue weighted by Crippen LogP contribution is -2.09. The molecule has 0 spiro atoms. The molecule has 0 aromatic heterocycles. The summed E-state index contributed by atoms with van der Waals surface area (Å²) in [6.07, 6.45) is -0.843. The normalized spacial score (nSPS) is 15.2. The van der Waals surface area contributed by atoms with E-state index < -0.39 is 16.9 Å². The Morgan fingerprint density at radius 3 is 2.62 bits per heavy atom. The van der Waals surface area contributed by atoms with Gasteiger partial charge in [-0.1, -0.05) is 24.3 Å². The number of aliphatic hydroxyl groups excluding tert-OH is 1. The molecule has 0 bridgehead atoms. The van der Waals surface area contributed by atoms with Crippen LogP contribution in [0.2, 0.25) is 0 Å². The van der Waals surface area contributed by atoms with Crippen LogP contribution in [0.4, 0.5) is 11.4 Å². The molecule has 0 radical (unpaired) electrons. The highest BCUT2D eigenvalue weighted by atomic mass is 16.6. The number of nitro benzene ring substituents is 1. The van der Waals surface area contributed by atoms with Gasteiger partial charge in [-0.15, -0.1) is 0 Å². The number of hydrogen-bond acceptors (Lipinski definition) is 4. The van der Waals surface area contributed by atoms with Gasteiger partial charge in [0.2, 0.25) is 5.91 Å². The number of amides is 1. The van der Waals surface area contributed by atoms with Crippen molar-refractivity contribution in [1.29, 1.82) is 0 Å². The zero-order chi connectivity index (χ0) is 15.1. The number of aliphatic hydroxyl groups is 1. The Morgan fingerprint density at radius 1 is 1.24 bits per heavy atom. The van der Waals surface area contributed by atoms with Crippen molar-refractivity contribution in [3.8, 4) is 11.1 Å². The van der Waals surface area contributed by atoms with E-state index in [1.54, 1.807) is 12.1 Å². The molecular weight excluding hydrogens is 272 g/mol. The Kier molecular flexibility index (Phi) is 2.95. The topological polar surface area (TPSA) is 92.5 Å². The van der Waals surface area contributed by atoms with Crippen LogP contribution in [0.25, 0.3) is 11.1 Å². The Balaban J connectivity index is 2.24. The van der Waals surface area contributed by atoms with Gasteiger partial charge in [-0.2, -0.15) is 0 Å². The molecule has 106 valence electrons. The lowest BCUT2D eigenvalue weighted by atomic mass is 10.0. The summed E-state index contributed by atoms with van der Waals surface area (Å²) in [5, 5.41) is 24.0. The molecule has 0 unspecified atom stereocenters. The molecule has 6 heteroatoms. The number of nitrogens with one attached hydrogen (secondary N) is 1. The molecular formula is C15H12N2O4. The predicted octanol–water partition coefficient (Wildman–Crippen LogP) is 2.62. The van der Waals surface area contributed by atoms with Crippen molar-refractivity contribution in [2.45, 2.75) is 13.0 Å². The molecule has 0 fully saturated rings. The molecule has 0 saturated carbocycles. The first-order valence-electron chi connectivity index (χ1n) is 6.36. The van der Waals surface area contributed by atoms with Crippen molar-refractivity contribution in [3.63, 3.8) is 0 Å². The Hall–Kier alpha value is -2.73. The first kappa shape index (κ1) is 13.3. The number of benzene rings is 2. The third-order valence-electron chi connectivity index (χ3n) is 3.52. The van der Waals surface area contributed by atoms with Crippen LogP contribution in [0, 0.1) is 10.1 Å². The molecule has 0 aliphatic heterocycles. The number of carbonyl (C=O) groups excluding carboxylic acids is 1. The number of fused-ring (bicyclic) bond motifs is 3. The fourth-order valence-electron chi connectivity index (χ4n) is 2.65. The van der Waals surface area contributed by atoms with Crippen LogP contribution in [0.1, 0.15) is 24.2 Å². The molecule has 0 heterocycles. The second kappa shape index (κ2) is 4.68. The zero-order valence-electron chi connectivity index (χ0n) is 11.2. The van der Waals surface area contributed by atoms with E-state index in [1.165, 1.54) is 19.1 Å². The molecule has 1 amide bonds. The van der Waals surface area contributed by atoms with Crippen molar-refractivity contribution in [2.24, 2.45) is 0 Å². The fourth-order valence-corrected chi connectivity index (χ4v) is 2.65. The minimum absolute atomic E-state index is 0.0955. The Bertz CT molecular complexity index is 770. The highest BCUT2D eigenvalue weighted by molar-refractivity contribution is 5.93. The Labute approximate surface area is 120 Å². The van der Waals surface area contributed by atoms with E-state index in [1.807, 2.05) is 12.1 Å². The van der Waals surface area contributed by atoms with Crippen molar-refractivity contribution >= 4 is 17.3 Å². The molecule has 1 atom stereocenters. The first-order valence-corrected chi connectivity index (χ1v) is 6.36. The van der Waals surface area contributed by atoms with E-state index in [-0.39, 0.29) is 11.4 Å². The average molecular weight is 284 g/mol. The largest absolute Gasteiger partial charge is 0.384 e. The SMILES string of the molecule is CC(=O)Nc1cc2c(cc1[N+](=O)[O-])-c1ccccc1[C@H]2O. The maximum absolute atomic E-state index is 11.2. The number of carbonyl (C=O) groups is 1. The lowest BCUT2D eigenvalue weighted by molar-refractivity contribution is -0.383. The van der Waals surface area contributed by atoms with Gasteiger partial charge >= 0.3 is 0 Å². The van der Waals surface area contributed by atoms with Gasteiger partial charge in [-0.05, 0) is 28.3 Å². The van der Waals surface area contributed by atoms with Gasteiger partial charge in [0.1, 0.15) is 11.8 Å². The van der Waals surface area contributed by atoms with Gasteiger partial charge in [0.15, 0.2) is 0 Å². The highest BCUT2D eigenvalue weighted by Gasteiger charge is 2.30. The highest BCUT2D eigenvalue weighted by Crippen LogP contribution is 2.46. The average Bonchev–Trinajstić information content (AvgIpc) is 2.71. The maximum atomic E-state index is 11.2. The molecule has 1 aliphatic rings. The first-order chi connectivity index (χ1) is 9.99. The summed E-state index contributed by atoms with van der Waals surface area (Å²) in [6.45, 7) is 1.28. The summed E-state index contributed by atoms with van der Waals surface area (Å²) in [5.41, 5.74) is 2.58. The van der Waals surface area contributed by atoms with Gasteiger partial charge in [-0.25, -0.2) is 0 Å². The van der Waals surface area contributed by atoms with E-state index in [4.69, 9.17) is 0 Å². The van der Waals surface area contributed by atoms with Crippen LogP contribution < -0.4 is 5.32 Å². The number of anilines is 1. The third kappa shape index (κ3) is 2.05. The standard InChI is InChI=1S/C15H12N2O4/c1-8(18)16-13-6-12-11(7-14(13)17(20)21)9-4-2-3-5-10(9)15(12)19/h2-7,15,19H,1H3,(H,16,18)/t15-/m1/s1. The van der Waals surface area contributed by atoms with Crippen molar-refractivity contribution in [1.82, 2.24) is 0 Å². The van der Waals surface area contributed by atoms with Gasteiger partial charge < -0.3 is 10.4 Å². The van der Waals surface area contributed by atoms with Crippen LogP contribution in [0.5, 0.6) is 0 Å². The molecule has 2 aromatic carbocycles. The minimum Gasteiger partial charge on any atom is -0.384 e. The number of hydrogen-bond donors (Lipinski definition) is 2. The Morgan fingerprint density at radius 2 is 1.95 bits per heavy atom. The van der Waals surface area contributed by atoms with E-state index in [0.717, 1.165) is 5.56 Å². The monoisotopic (exact) mass is 284 g/mol. The summed E-state index contributed by atoms with van der Waals surface area (Å²) < 4.78 is 0. The van der Waals surface area contributed by atoms with E-state index in [2.05, 4.69) is 5.32 Å². The summed E-state index contributed by atoms with van der Waals surface area (Å²) in [6, 6.07) is 10.1. The number of rotatable bonds is 2. The van der Waals surface area contributed by atoms with E-state index >= 15 is 0 Å². The van der Waals surface area contributed by atoms with Gasteiger partial charge in [0.05, 0.1) is 4.92 Å². The van der Waals surface area contributed by atoms with Crippen molar-refractivity contribution < 1.29 is 14.8 Å². The summed E-state index contributed by atoms with van der Waals surface area (Å²) in [5.74, 6) is -0.400. The van der Waals surface area contributed by atoms with Crippen LogP contribution in [-0.2, 0) is 4.79 Å². The van der Waals surface area contributed by atoms with Gasteiger partial charge in [-0.3, -0.25) is 14.9 Å². The lowest BCUT2D eigenvalue weighted by Gasteiger charge is -2.09. The van der Waals surface area contributed by atoms with Crippen LogP contribution >= 0.6 is 0 Å². The quantitative estimate of drug-likeness (QED) is 0.655. The second-order valence-electron chi connectivity index (χ2n) is 4.88. The zero-order valence-corrected chi connectivity index (χ0v) is 11.2. The smallest absolute Gasteiger partial charge is 0.293 e. The van der Waals surface area contributed by atoms with Crippen LogP contribution in [-0.4, -0.2) is 15.9 Å². The molecule has 2 aromatic rings. The fraction of sp³-hybridized carbons (Fsp3) is 0.133. The van der Waals surface area contributed by atoms with Crippen molar-refractivity contribution in [3.05, 3.63) is 57.6 Å².